The summed E-state index contributed by atoms with van der Waals surface area (Å²) in [7, 11) is 0. The van der Waals surface area contributed by atoms with Gasteiger partial charge in [0.25, 0.3) is 0 Å². The highest BCUT2D eigenvalue weighted by molar-refractivity contribution is 5.76. The zero-order valence-electron chi connectivity index (χ0n) is 55.7. The van der Waals surface area contributed by atoms with Gasteiger partial charge in [0.2, 0.25) is 5.91 Å². The number of aliphatic hydroxyl groups is 11. The normalized spacial score (nSPS) is 28.4. The largest absolute Gasteiger partial charge is 0.394 e. The Kier molecular flexibility index (Phi) is 48.1. The molecular weight excluding hydrogens is 1180 g/mol. The minimum absolute atomic E-state index is 0.195. The molecule has 0 aromatic carbocycles. The lowest BCUT2D eigenvalue weighted by molar-refractivity contribution is -0.379. The minimum Gasteiger partial charge on any atom is -0.394 e. The summed E-state index contributed by atoms with van der Waals surface area (Å²) in [6, 6.07) is -1.02. The quantitative estimate of drug-likeness (QED) is 0.0199. The van der Waals surface area contributed by atoms with E-state index in [1.54, 1.807) is 6.08 Å². The first kappa shape index (κ1) is 82.7. The molecule has 3 heterocycles. The van der Waals surface area contributed by atoms with E-state index < -0.39 is 131 Å². The van der Waals surface area contributed by atoms with E-state index in [9.17, 15) is 61.0 Å². The fourth-order valence-corrected chi connectivity index (χ4v) is 11.1. The summed E-state index contributed by atoms with van der Waals surface area (Å²) >= 11 is 0. The van der Waals surface area contributed by atoms with Crippen LogP contribution >= 0.6 is 0 Å². The summed E-state index contributed by atoms with van der Waals surface area (Å²) in [5.41, 5.74) is 0. The molecule has 1 amide bonds. The number of ether oxygens (including phenoxy) is 6. The van der Waals surface area contributed by atoms with Gasteiger partial charge < -0.3 is 89.9 Å². The fourth-order valence-electron chi connectivity index (χ4n) is 11.1. The molecule has 17 unspecified atom stereocenters. The summed E-state index contributed by atoms with van der Waals surface area (Å²) in [5, 5.41) is 121. The maximum atomic E-state index is 13.4. The molecule has 3 saturated heterocycles. The van der Waals surface area contributed by atoms with Gasteiger partial charge in [-0.15, -0.1) is 0 Å². The zero-order valence-corrected chi connectivity index (χ0v) is 55.7. The molecule has 19 nitrogen and oxygen atoms in total. The van der Waals surface area contributed by atoms with Gasteiger partial charge in [-0.25, -0.2) is 0 Å². The Morgan fingerprint density at radius 1 is 0.402 bits per heavy atom. The lowest BCUT2D eigenvalue weighted by atomic mass is 9.96. The molecule has 92 heavy (non-hydrogen) atoms. The van der Waals surface area contributed by atoms with Crippen molar-refractivity contribution in [3.8, 4) is 0 Å². The molecule has 528 valence electrons. The smallest absolute Gasteiger partial charge is 0.220 e. The third kappa shape index (κ3) is 34.9. The van der Waals surface area contributed by atoms with Gasteiger partial charge in [-0.1, -0.05) is 220 Å². The Labute approximate surface area is 551 Å². The van der Waals surface area contributed by atoms with Crippen molar-refractivity contribution < 1.29 is 89.4 Å². The lowest BCUT2D eigenvalue weighted by Crippen LogP contribution is -2.66. The molecule has 19 heteroatoms. The van der Waals surface area contributed by atoms with Crippen LogP contribution in [-0.4, -0.2) is 193 Å². The molecule has 0 spiro atoms. The van der Waals surface area contributed by atoms with Crippen LogP contribution in [-0.2, 0) is 33.2 Å². The highest BCUT2D eigenvalue weighted by atomic mass is 16.8. The minimum atomic E-state index is -1.99. The molecule has 0 aromatic rings. The molecule has 0 bridgehead atoms. The maximum absolute atomic E-state index is 13.4. The topological polar surface area (TPSA) is 307 Å². The van der Waals surface area contributed by atoms with Crippen molar-refractivity contribution in [2.24, 2.45) is 0 Å². The van der Waals surface area contributed by atoms with Crippen molar-refractivity contribution in [2.75, 3.05) is 26.4 Å². The molecule has 12 N–H and O–H groups in total. The lowest BCUT2D eigenvalue weighted by Gasteiger charge is -2.48. The molecule has 3 fully saturated rings. The van der Waals surface area contributed by atoms with Crippen molar-refractivity contribution in [2.45, 2.75) is 317 Å². The first-order valence-electron chi connectivity index (χ1n) is 35.1. The van der Waals surface area contributed by atoms with Gasteiger partial charge in [0.05, 0.1) is 38.6 Å². The molecule has 0 aromatic heterocycles. The first-order chi connectivity index (χ1) is 44.8. The van der Waals surface area contributed by atoms with E-state index in [2.05, 4.69) is 116 Å². The number of nitrogens with one attached hydrogen (secondary N) is 1. The zero-order chi connectivity index (χ0) is 66.8. The third-order valence-corrected chi connectivity index (χ3v) is 16.8. The second kappa shape index (κ2) is 53.6. The van der Waals surface area contributed by atoms with Crippen molar-refractivity contribution in [3.05, 3.63) is 109 Å². The Morgan fingerprint density at radius 2 is 0.761 bits per heavy atom. The fraction of sp³-hybridized carbons (Fsp3) is 0.740. The predicted molar refractivity (Wildman–Crippen MR) is 360 cm³/mol. The monoisotopic (exact) mass is 1300 g/mol. The molecular formula is C73H123NO18. The molecule has 3 aliphatic rings. The number of hydrogen-bond acceptors (Lipinski definition) is 18. The van der Waals surface area contributed by atoms with E-state index in [1.807, 2.05) is 6.08 Å². The van der Waals surface area contributed by atoms with Crippen molar-refractivity contribution >= 4 is 5.91 Å². The molecule has 0 radical (unpaired) electrons. The number of unbranched alkanes of at least 4 members (excludes halogenated alkanes) is 20. The van der Waals surface area contributed by atoms with Crippen LogP contribution in [0.3, 0.4) is 0 Å². The van der Waals surface area contributed by atoms with Gasteiger partial charge in [-0.3, -0.25) is 4.79 Å². The van der Waals surface area contributed by atoms with E-state index >= 15 is 0 Å². The third-order valence-electron chi connectivity index (χ3n) is 16.8. The van der Waals surface area contributed by atoms with E-state index in [0.29, 0.717) is 12.8 Å². The van der Waals surface area contributed by atoms with Gasteiger partial charge in [0, 0.05) is 6.42 Å². The SMILES string of the molecule is CC/C=C\C/C=C\C/C=C\C/C=C\C/C=C\C/C=C\CCCCCCC(=O)NC(COC1OC(CO)C(OC2OC(CO)C(OC3OC(CO)C(O)C(O)C3O)C(O)C2O)C(O)C1O)C(O)/C=C/CC/C=C/CC/C=C/CCCCCCCCCCCCCCCC. The highest BCUT2D eigenvalue weighted by Gasteiger charge is 2.53. The van der Waals surface area contributed by atoms with E-state index in [0.717, 1.165) is 89.9 Å². The standard InChI is InChI=1S/C73H123NO18/c1-3-5-7-9-11-13-15-17-19-21-23-25-27-29-30-32-34-36-38-40-42-44-46-48-50-57(78)56(74-61(79)51-49-47-45-43-41-39-37-35-33-31-28-26-24-22-20-18-16-14-12-10-8-6-4-2)55-87-71-67(85)64(82)69(59(53-76)89-71)92-73-68(86)65(83)70(60(54-77)90-73)91-72-66(84)63(81)62(80)58(52-75)88-72/h6,8,12,14,18,20,24,26,31-34,37,39-40,42,48,50,56-60,62-73,75-78,80-86H,3-5,7,9-11,13,15-17,19,21-23,25,27-30,35-36,38,41,43-47,49,51-55H2,1-2H3,(H,74,79)/b8-6-,14-12-,20-18-,26-24-,33-31-,34-32+,39-37-,42-40+,50-48+. The summed E-state index contributed by atoms with van der Waals surface area (Å²) < 4.78 is 34.3. The summed E-state index contributed by atoms with van der Waals surface area (Å²) in [6.07, 6.45) is 44.9. The van der Waals surface area contributed by atoms with Gasteiger partial charge in [-0.2, -0.15) is 0 Å². The van der Waals surface area contributed by atoms with E-state index in [1.165, 1.54) is 89.9 Å². The summed E-state index contributed by atoms with van der Waals surface area (Å²) in [6.45, 7) is 1.56. The van der Waals surface area contributed by atoms with Crippen LogP contribution in [0.1, 0.15) is 213 Å². The van der Waals surface area contributed by atoms with Crippen LogP contribution in [0, 0.1) is 0 Å². The molecule has 17 atom stereocenters. The Hall–Kier alpha value is -3.55. The highest BCUT2D eigenvalue weighted by Crippen LogP contribution is 2.33. The van der Waals surface area contributed by atoms with Crippen LogP contribution in [0.5, 0.6) is 0 Å². The van der Waals surface area contributed by atoms with Crippen LogP contribution in [0.25, 0.3) is 0 Å². The number of carbonyl (C=O) groups is 1. The number of hydrogen-bond donors (Lipinski definition) is 12. The Morgan fingerprint density at radius 3 is 1.22 bits per heavy atom. The number of amides is 1. The van der Waals surface area contributed by atoms with Crippen molar-refractivity contribution in [3.63, 3.8) is 0 Å². The van der Waals surface area contributed by atoms with Crippen molar-refractivity contribution in [1.29, 1.82) is 0 Å². The van der Waals surface area contributed by atoms with Gasteiger partial charge >= 0.3 is 0 Å². The molecule has 0 saturated carbocycles. The van der Waals surface area contributed by atoms with Crippen LogP contribution in [0.4, 0.5) is 0 Å². The number of aliphatic hydroxyl groups excluding tert-OH is 11. The van der Waals surface area contributed by atoms with Crippen LogP contribution in [0.2, 0.25) is 0 Å². The molecule has 3 aliphatic heterocycles. The second-order valence-corrected chi connectivity index (χ2v) is 24.6. The van der Waals surface area contributed by atoms with Gasteiger partial charge in [0.15, 0.2) is 18.9 Å². The second-order valence-electron chi connectivity index (χ2n) is 24.6. The van der Waals surface area contributed by atoms with Crippen LogP contribution in [0.15, 0.2) is 109 Å². The van der Waals surface area contributed by atoms with Gasteiger partial charge in [-0.05, 0) is 96.3 Å². The number of carbonyl (C=O) groups excluding carboxylic acids is 1. The average Bonchev–Trinajstić information content (AvgIpc) is 0.838. The Balaban J connectivity index is 1.48. The molecule has 0 aliphatic carbocycles. The number of allylic oxidation sites excluding steroid dienone is 17. The van der Waals surface area contributed by atoms with E-state index in [4.69, 9.17) is 28.4 Å². The van der Waals surface area contributed by atoms with E-state index in [-0.39, 0.29) is 12.3 Å². The van der Waals surface area contributed by atoms with Gasteiger partial charge in [0.1, 0.15) is 73.2 Å². The van der Waals surface area contributed by atoms with Crippen LogP contribution < -0.4 is 5.32 Å². The predicted octanol–water partition coefficient (Wildman–Crippen LogP) is 9.44. The Bertz CT molecular complexity index is 2090. The summed E-state index contributed by atoms with van der Waals surface area (Å²) in [4.78, 5) is 13.4. The molecule has 3 rings (SSSR count). The van der Waals surface area contributed by atoms with Crippen molar-refractivity contribution in [1.82, 2.24) is 5.32 Å². The first-order valence-corrected chi connectivity index (χ1v) is 35.1. The summed E-state index contributed by atoms with van der Waals surface area (Å²) in [5.74, 6) is -0.318. The average molecular weight is 1300 g/mol. The number of rotatable bonds is 52. The maximum Gasteiger partial charge on any atom is 0.220 e.